The second-order valence-corrected chi connectivity index (χ2v) is 8.58. The molecule has 0 spiro atoms. The zero-order valence-corrected chi connectivity index (χ0v) is 21.3. The Labute approximate surface area is 214 Å². The SMILES string of the molecule is CCCCc1nnc(NC(=O)C(C#N)=Cc2ccc(OCCOc3cccc(OC)c3)c(OC)c2)s1. The highest BCUT2D eigenvalue weighted by Crippen LogP contribution is 2.29. The summed E-state index contributed by atoms with van der Waals surface area (Å²) in [4.78, 5) is 12.6. The first-order valence-electron chi connectivity index (χ1n) is 11.4. The lowest BCUT2D eigenvalue weighted by atomic mass is 10.1. The summed E-state index contributed by atoms with van der Waals surface area (Å²) in [5, 5.41) is 21.4. The zero-order chi connectivity index (χ0) is 25.8. The van der Waals surface area contributed by atoms with Gasteiger partial charge in [-0.25, -0.2) is 0 Å². The average molecular weight is 509 g/mol. The summed E-state index contributed by atoms with van der Waals surface area (Å²) in [5.41, 5.74) is 0.544. The van der Waals surface area contributed by atoms with E-state index in [0.717, 1.165) is 24.3 Å². The van der Waals surface area contributed by atoms with E-state index < -0.39 is 5.91 Å². The number of anilines is 1. The van der Waals surface area contributed by atoms with Crippen LogP contribution in [0.3, 0.4) is 0 Å². The summed E-state index contributed by atoms with van der Waals surface area (Å²) in [6.45, 7) is 2.71. The van der Waals surface area contributed by atoms with Gasteiger partial charge in [-0.15, -0.1) is 10.2 Å². The van der Waals surface area contributed by atoms with E-state index in [-0.39, 0.29) is 12.2 Å². The predicted octanol–water partition coefficient (Wildman–Crippen LogP) is 4.90. The molecule has 0 radical (unpaired) electrons. The molecule has 36 heavy (non-hydrogen) atoms. The third kappa shape index (κ3) is 7.71. The first kappa shape index (κ1) is 26.5. The van der Waals surface area contributed by atoms with Gasteiger partial charge in [-0.1, -0.05) is 36.8 Å². The van der Waals surface area contributed by atoms with E-state index in [1.165, 1.54) is 24.5 Å². The third-order valence-electron chi connectivity index (χ3n) is 4.95. The number of aryl methyl sites for hydroxylation is 1. The van der Waals surface area contributed by atoms with Gasteiger partial charge in [-0.2, -0.15) is 5.26 Å². The van der Waals surface area contributed by atoms with Crippen molar-refractivity contribution < 1.29 is 23.7 Å². The van der Waals surface area contributed by atoms with Crippen LogP contribution in [0, 0.1) is 11.3 Å². The first-order valence-corrected chi connectivity index (χ1v) is 12.2. The molecule has 3 rings (SSSR count). The van der Waals surface area contributed by atoms with Crippen molar-refractivity contribution in [3.8, 4) is 29.1 Å². The van der Waals surface area contributed by atoms with E-state index in [9.17, 15) is 10.1 Å². The fourth-order valence-electron chi connectivity index (χ4n) is 3.11. The Morgan fingerprint density at radius 3 is 2.61 bits per heavy atom. The fraction of sp³-hybridized carbons (Fsp3) is 0.308. The standard InChI is InChI=1S/C26H28N4O5S/c1-4-5-9-24-29-30-26(36-24)28-25(31)19(17-27)14-18-10-11-22(23(15-18)33-3)35-13-12-34-21-8-6-7-20(16-21)32-2/h6-8,10-11,14-16H,4-5,9,12-13H2,1-3H3,(H,28,30,31). The number of hydrogen-bond donors (Lipinski definition) is 1. The lowest BCUT2D eigenvalue weighted by Gasteiger charge is -2.12. The molecule has 0 saturated heterocycles. The highest BCUT2D eigenvalue weighted by Gasteiger charge is 2.14. The highest BCUT2D eigenvalue weighted by atomic mass is 32.1. The molecule has 2 aromatic carbocycles. The van der Waals surface area contributed by atoms with Crippen LogP contribution < -0.4 is 24.3 Å². The number of nitrogens with zero attached hydrogens (tertiary/aromatic N) is 3. The largest absolute Gasteiger partial charge is 0.497 e. The highest BCUT2D eigenvalue weighted by molar-refractivity contribution is 7.15. The van der Waals surface area contributed by atoms with Crippen molar-refractivity contribution in [2.24, 2.45) is 0 Å². The van der Waals surface area contributed by atoms with E-state index in [0.29, 0.717) is 40.3 Å². The van der Waals surface area contributed by atoms with Gasteiger partial charge < -0.3 is 18.9 Å². The molecule has 0 bridgehead atoms. The van der Waals surface area contributed by atoms with Crippen molar-refractivity contribution >= 4 is 28.5 Å². The van der Waals surface area contributed by atoms with Gasteiger partial charge in [0.15, 0.2) is 11.5 Å². The number of benzene rings is 2. The smallest absolute Gasteiger partial charge is 0.268 e. The van der Waals surface area contributed by atoms with E-state index in [2.05, 4.69) is 22.4 Å². The molecule has 1 heterocycles. The summed E-state index contributed by atoms with van der Waals surface area (Å²) >= 11 is 1.31. The molecule has 9 nitrogen and oxygen atoms in total. The number of carbonyl (C=O) groups excluding carboxylic acids is 1. The van der Waals surface area contributed by atoms with E-state index >= 15 is 0 Å². The van der Waals surface area contributed by atoms with Gasteiger partial charge in [0.2, 0.25) is 5.13 Å². The molecule has 188 valence electrons. The molecular weight excluding hydrogens is 480 g/mol. The minimum atomic E-state index is -0.551. The van der Waals surface area contributed by atoms with Gasteiger partial charge in [0.25, 0.3) is 5.91 Å². The zero-order valence-electron chi connectivity index (χ0n) is 20.4. The minimum absolute atomic E-state index is 0.0669. The van der Waals surface area contributed by atoms with Crippen molar-refractivity contribution in [1.29, 1.82) is 5.26 Å². The van der Waals surface area contributed by atoms with Crippen LogP contribution in [-0.4, -0.2) is 43.5 Å². The molecule has 1 N–H and O–H groups in total. The van der Waals surface area contributed by atoms with Crippen LogP contribution in [0.4, 0.5) is 5.13 Å². The number of carbonyl (C=O) groups is 1. The van der Waals surface area contributed by atoms with Crippen LogP contribution in [0.1, 0.15) is 30.3 Å². The molecule has 0 fully saturated rings. The number of hydrogen-bond acceptors (Lipinski definition) is 9. The quantitative estimate of drug-likeness (QED) is 0.197. The van der Waals surface area contributed by atoms with Crippen molar-refractivity contribution in [3.63, 3.8) is 0 Å². The van der Waals surface area contributed by atoms with E-state index in [1.807, 2.05) is 24.3 Å². The molecule has 0 aliphatic carbocycles. The number of aromatic nitrogens is 2. The maximum atomic E-state index is 12.6. The van der Waals surface area contributed by atoms with Gasteiger partial charge in [-0.3, -0.25) is 10.1 Å². The summed E-state index contributed by atoms with van der Waals surface area (Å²) in [6, 6.07) is 14.4. The second-order valence-electron chi connectivity index (χ2n) is 7.51. The van der Waals surface area contributed by atoms with Gasteiger partial charge in [0.05, 0.1) is 14.2 Å². The molecule has 0 aliphatic heterocycles. The molecule has 3 aromatic rings. The monoisotopic (exact) mass is 508 g/mol. The Morgan fingerprint density at radius 1 is 1.06 bits per heavy atom. The second kappa shape index (κ2) is 13.7. The normalized spacial score (nSPS) is 10.9. The Bertz CT molecular complexity index is 1240. The van der Waals surface area contributed by atoms with Crippen LogP contribution in [0.5, 0.6) is 23.0 Å². The van der Waals surface area contributed by atoms with Crippen molar-refractivity contribution in [2.75, 3.05) is 32.8 Å². The molecule has 1 aromatic heterocycles. The average Bonchev–Trinajstić information content (AvgIpc) is 3.35. The van der Waals surface area contributed by atoms with Crippen LogP contribution in [-0.2, 0) is 11.2 Å². The van der Waals surface area contributed by atoms with Gasteiger partial charge in [-0.05, 0) is 42.3 Å². The lowest BCUT2D eigenvalue weighted by Crippen LogP contribution is -2.13. The Hall–Kier alpha value is -4.10. The predicted molar refractivity (Wildman–Crippen MR) is 138 cm³/mol. The summed E-state index contributed by atoms with van der Waals surface area (Å²) in [5.74, 6) is 1.82. The fourth-order valence-corrected chi connectivity index (χ4v) is 3.88. The van der Waals surface area contributed by atoms with E-state index in [4.69, 9.17) is 18.9 Å². The maximum Gasteiger partial charge on any atom is 0.268 e. The van der Waals surface area contributed by atoms with Crippen LogP contribution in [0.25, 0.3) is 6.08 Å². The molecule has 0 unspecified atom stereocenters. The first-order chi connectivity index (χ1) is 17.6. The minimum Gasteiger partial charge on any atom is -0.497 e. The number of methoxy groups -OCH3 is 2. The Morgan fingerprint density at radius 2 is 1.86 bits per heavy atom. The number of rotatable bonds is 13. The van der Waals surface area contributed by atoms with Gasteiger partial charge in [0.1, 0.15) is 41.4 Å². The number of amides is 1. The number of ether oxygens (including phenoxy) is 4. The topological polar surface area (TPSA) is 116 Å². The van der Waals surface area contributed by atoms with Crippen molar-refractivity contribution in [1.82, 2.24) is 10.2 Å². The maximum absolute atomic E-state index is 12.6. The Balaban J connectivity index is 1.59. The van der Waals surface area contributed by atoms with Crippen molar-refractivity contribution in [2.45, 2.75) is 26.2 Å². The molecule has 0 aliphatic rings. The number of nitrogens with one attached hydrogen (secondary N) is 1. The third-order valence-corrected chi connectivity index (χ3v) is 5.84. The van der Waals surface area contributed by atoms with Crippen molar-refractivity contribution in [3.05, 3.63) is 58.6 Å². The number of unbranched alkanes of at least 4 members (excludes halogenated alkanes) is 1. The lowest BCUT2D eigenvalue weighted by molar-refractivity contribution is -0.112. The summed E-state index contributed by atoms with van der Waals surface area (Å²) in [6.07, 6.45) is 4.34. The van der Waals surface area contributed by atoms with Crippen LogP contribution in [0.15, 0.2) is 48.0 Å². The number of nitriles is 1. The van der Waals surface area contributed by atoms with Gasteiger partial charge in [0, 0.05) is 12.5 Å². The Kier molecular flexibility index (Phi) is 10.1. The molecule has 0 saturated carbocycles. The van der Waals surface area contributed by atoms with Crippen LogP contribution in [0.2, 0.25) is 0 Å². The van der Waals surface area contributed by atoms with Gasteiger partial charge >= 0.3 is 0 Å². The molecule has 10 heteroatoms. The summed E-state index contributed by atoms with van der Waals surface area (Å²) < 4.78 is 22.1. The van der Waals surface area contributed by atoms with Crippen LogP contribution >= 0.6 is 11.3 Å². The molecule has 0 atom stereocenters. The summed E-state index contributed by atoms with van der Waals surface area (Å²) in [7, 11) is 3.12. The van der Waals surface area contributed by atoms with E-state index in [1.54, 1.807) is 31.4 Å². The molecule has 1 amide bonds. The molecular formula is C26H28N4O5S.